The molecular weight excluding hydrogens is 303 g/mol. The zero-order chi connectivity index (χ0) is 15.9. The Hall–Kier alpha value is -2.80. The van der Waals surface area contributed by atoms with Crippen molar-refractivity contribution in [3.05, 3.63) is 71.3 Å². The largest absolute Gasteiger partial charge is 1.00 e. The van der Waals surface area contributed by atoms with Crippen LogP contribution in [0.25, 0.3) is 46.4 Å². The van der Waals surface area contributed by atoms with Gasteiger partial charge in [0.05, 0.1) is 22.8 Å². The summed E-state index contributed by atoms with van der Waals surface area (Å²) in [4.78, 5) is 16.0. The van der Waals surface area contributed by atoms with Gasteiger partial charge in [-0.15, -0.1) is 0 Å². The summed E-state index contributed by atoms with van der Waals surface area (Å²) < 4.78 is 0. The third-order valence-corrected chi connectivity index (χ3v) is 4.04. The molecule has 5 heteroatoms. The van der Waals surface area contributed by atoms with Crippen LogP contribution in [0.2, 0.25) is 0 Å². The number of hydrogen-bond donors (Lipinski definition) is 2. The van der Waals surface area contributed by atoms with Gasteiger partial charge >= 0.3 is 18.9 Å². The quantitative estimate of drug-likeness (QED) is 0.428. The normalized spacial score (nSPS) is 12.2. The summed E-state index contributed by atoms with van der Waals surface area (Å²) >= 11 is 0. The number of nitrogens with one attached hydrogen (secondary N) is 2. The minimum Gasteiger partial charge on any atom is -1.00 e. The van der Waals surface area contributed by atoms with Crippen molar-refractivity contribution in [3.63, 3.8) is 0 Å². The van der Waals surface area contributed by atoms with Crippen molar-refractivity contribution in [2.24, 2.45) is 0 Å². The Balaban J connectivity index is 0.000000980. The monoisotopic (exact) mass is 318 g/mol. The second kappa shape index (κ2) is 6.25. The average Bonchev–Trinajstić information content (AvgIpc) is 3.32. The van der Waals surface area contributed by atoms with Gasteiger partial charge in [-0.25, -0.2) is 9.97 Å². The van der Waals surface area contributed by atoms with E-state index < -0.39 is 0 Å². The summed E-state index contributed by atoms with van der Waals surface area (Å²) in [5.41, 5.74) is 7.86. The van der Waals surface area contributed by atoms with Crippen LogP contribution < -0.4 is 18.9 Å². The SMILES string of the molecule is C1=Cc2cc3ccc(cc4ccc(cc5nc(cc1n2)C=C5)[nH]4)[nH]3.[H-].[Li+]. The van der Waals surface area contributed by atoms with E-state index in [2.05, 4.69) is 50.3 Å². The maximum atomic E-state index is 4.62. The number of hydrogen-bond acceptors (Lipinski definition) is 2. The molecule has 2 aliphatic rings. The summed E-state index contributed by atoms with van der Waals surface area (Å²) in [6, 6.07) is 16.4. The summed E-state index contributed by atoms with van der Waals surface area (Å²) in [6.07, 6.45) is 8.05. The molecule has 0 saturated carbocycles. The zero-order valence-electron chi connectivity index (χ0n) is 14.8. The fourth-order valence-electron chi connectivity index (χ4n) is 2.94. The molecule has 3 aromatic heterocycles. The first kappa shape index (κ1) is 15.7. The Bertz CT molecular complexity index is 1080. The second-order valence-electron chi connectivity index (χ2n) is 5.91. The maximum absolute atomic E-state index is 4.62. The Morgan fingerprint density at radius 2 is 0.880 bits per heavy atom. The van der Waals surface area contributed by atoms with Crippen LogP contribution in [-0.4, -0.2) is 19.9 Å². The van der Waals surface area contributed by atoms with Crippen LogP contribution in [0, 0.1) is 0 Å². The summed E-state index contributed by atoms with van der Waals surface area (Å²) in [5.74, 6) is 0. The summed E-state index contributed by atoms with van der Waals surface area (Å²) in [6.45, 7) is 0. The van der Waals surface area contributed by atoms with Gasteiger partial charge in [-0.2, -0.15) is 0 Å². The number of H-pyrrole nitrogens is 2. The van der Waals surface area contributed by atoms with Gasteiger partial charge in [-0.1, -0.05) is 0 Å². The van der Waals surface area contributed by atoms with Crippen LogP contribution in [-0.2, 0) is 0 Å². The first-order chi connectivity index (χ1) is 11.8. The smallest absolute Gasteiger partial charge is 1.00 e. The molecule has 3 aromatic rings. The minimum atomic E-state index is 0. The van der Waals surface area contributed by atoms with E-state index in [-0.39, 0.29) is 20.3 Å². The maximum Gasteiger partial charge on any atom is 1.00 e. The molecule has 4 nitrogen and oxygen atoms in total. The van der Waals surface area contributed by atoms with Crippen molar-refractivity contribution >= 4 is 46.4 Å². The van der Waals surface area contributed by atoms with E-state index in [0.717, 1.165) is 44.8 Å². The fourth-order valence-corrected chi connectivity index (χ4v) is 2.94. The number of fused-ring (bicyclic) bond motifs is 8. The fraction of sp³-hybridized carbons (Fsp3) is 0. The van der Waals surface area contributed by atoms with Gasteiger partial charge < -0.3 is 11.4 Å². The summed E-state index contributed by atoms with van der Waals surface area (Å²) in [5, 5.41) is 0. The molecule has 0 radical (unpaired) electrons. The topological polar surface area (TPSA) is 57.4 Å². The van der Waals surface area contributed by atoms with E-state index in [4.69, 9.17) is 0 Å². The summed E-state index contributed by atoms with van der Waals surface area (Å²) in [7, 11) is 0. The van der Waals surface area contributed by atoms with Gasteiger partial charge in [-0.3, -0.25) is 0 Å². The third-order valence-electron chi connectivity index (χ3n) is 4.04. The predicted octanol–water partition coefficient (Wildman–Crippen LogP) is 1.77. The molecule has 8 bridgehead atoms. The molecule has 2 aliphatic heterocycles. The van der Waals surface area contributed by atoms with Gasteiger partial charge in [0.25, 0.3) is 0 Å². The molecule has 2 N–H and O–H groups in total. The molecular formula is C20H15LiN4. The number of nitrogens with zero attached hydrogens (tertiary/aromatic N) is 2. The van der Waals surface area contributed by atoms with E-state index in [1.54, 1.807) is 0 Å². The molecule has 0 unspecified atom stereocenters. The van der Waals surface area contributed by atoms with Crippen molar-refractivity contribution in [2.75, 3.05) is 0 Å². The number of aromatic nitrogens is 4. The number of rotatable bonds is 0. The van der Waals surface area contributed by atoms with Crippen LogP contribution in [0.5, 0.6) is 0 Å². The molecule has 0 aromatic carbocycles. The molecule has 0 aliphatic carbocycles. The van der Waals surface area contributed by atoms with E-state index >= 15 is 0 Å². The van der Waals surface area contributed by atoms with Crippen molar-refractivity contribution in [1.82, 2.24) is 19.9 Å². The van der Waals surface area contributed by atoms with Gasteiger partial charge in [0.15, 0.2) is 0 Å². The Kier molecular flexibility index (Phi) is 3.93. The third kappa shape index (κ3) is 3.23. The van der Waals surface area contributed by atoms with E-state index in [0.29, 0.717) is 0 Å². The van der Waals surface area contributed by atoms with Crippen LogP contribution in [0.4, 0.5) is 0 Å². The van der Waals surface area contributed by atoms with Gasteiger partial charge in [0.1, 0.15) is 0 Å². The van der Waals surface area contributed by atoms with Gasteiger partial charge in [-0.05, 0) is 72.8 Å². The molecule has 0 fully saturated rings. The molecule has 0 atom stereocenters. The first-order valence-corrected chi connectivity index (χ1v) is 7.85. The van der Waals surface area contributed by atoms with Crippen molar-refractivity contribution in [2.45, 2.75) is 0 Å². The number of aromatic amines is 2. The molecule has 0 amide bonds. The van der Waals surface area contributed by atoms with E-state index in [9.17, 15) is 0 Å². The van der Waals surface area contributed by atoms with Crippen LogP contribution >= 0.6 is 0 Å². The molecule has 0 saturated heterocycles. The van der Waals surface area contributed by atoms with Crippen molar-refractivity contribution in [3.8, 4) is 0 Å². The molecule has 116 valence electrons. The molecule has 25 heavy (non-hydrogen) atoms. The van der Waals surface area contributed by atoms with Crippen LogP contribution in [0.1, 0.15) is 24.2 Å². The minimum absolute atomic E-state index is 0. The molecule has 5 heterocycles. The molecule has 0 spiro atoms. The second-order valence-corrected chi connectivity index (χ2v) is 5.91. The van der Waals surface area contributed by atoms with Crippen molar-refractivity contribution in [1.29, 1.82) is 0 Å². The van der Waals surface area contributed by atoms with Gasteiger partial charge in [0, 0.05) is 22.1 Å². The predicted molar refractivity (Wildman–Crippen MR) is 100.0 cm³/mol. The Morgan fingerprint density at radius 1 is 0.520 bits per heavy atom. The first-order valence-electron chi connectivity index (χ1n) is 7.85. The van der Waals surface area contributed by atoms with Crippen LogP contribution in [0.15, 0.2) is 48.5 Å². The van der Waals surface area contributed by atoms with Gasteiger partial charge in [0.2, 0.25) is 0 Å². The standard InChI is InChI=1S/C20H14N4.Li.H/c1-2-14-10-16-5-6-18(23-16)12-20-8-7-19(24-20)11-17-4-3-15(22-17)9-13(1)21-14;;/h1-12,21-22H;;/q;+1;-1. The van der Waals surface area contributed by atoms with Crippen molar-refractivity contribution < 1.29 is 20.3 Å². The average molecular weight is 318 g/mol. The Labute approximate surface area is 158 Å². The zero-order valence-corrected chi connectivity index (χ0v) is 13.8. The van der Waals surface area contributed by atoms with E-state index in [1.165, 1.54) is 0 Å². The van der Waals surface area contributed by atoms with Crippen LogP contribution in [0.3, 0.4) is 0 Å². The molecule has 5 rings (SSSR count). The van der Waals surface area contributed by atoms with E-state index in [1.807, 2.05) is 42.5 Å². The Morgan fingerprint density at radius 3 is 1.32 bits per heavy atom.